The molecule has 0 bridgehead atoms. The summed E-state index contributed by atoms with van der Waals surface area (Å²) in [4.78, 5) is 28.5. The fourth-order valence-electron chi connectivity index (χ4n) is 3.02. The van der Waals surface area contributed by atoms with Gasteiger partial charge in [0, 0.05) is 54.9 Å². The Morgan fingerprint density at radius 2 is 1.59 bits per heavy atom. The Labute approximate surface area is 166 Å². The maximum absolute atomic E-state index is 12.4. The zero-order valence-electron chi connectivity index (χ0n) is 14.9. The van der Waals surface area contributed by atoms with Gasteiger partial charge in [0.1, 0.15) is 5.75 Å². The second kappa shape index (κ2) is 8.90. The third-order valence-corrected chi connectivity index (χ3v) is 5.11. The van der Waals surface area contributed by atoms with E-state index in [1.807, 2.05) is 29.2 Å². The molecule has 27 heavy (non-hydrogen) atoms. The Morgan fingerprint density at radius 1 is 0.963 bits per heavy atom. The lowest BCUT2D eigenvalue weighted by atomic mass is 10.2. The smallest absolute Gasteiger partial charge is 0.251 e. The van der Waals surface area contributed by atoms with E-state index in [0.29, 0.717) is 31.6 Å². The average Bonchev–Trinajstić information content (AvgIpc) is 2.69. The highest BCUT2D eigenvalue weighted by atomic mass is 79.9. The summed E-state index contributed by atoms with van der Waals surface area (Å²) < 4.78 is 0.917. The van der Waals surface area contributed by atoms with Crippen LogP contribution in [0, 0.1) is 0 Å². The van der Waals surface area contributed by atoms with Crippen LogP contribution in [-0.2, 0) is 4.79 Å². The average molecular weight is 432 g/mol. The summed E-state index contributed by atoms with van der Waals surface area (Å²) in [6.45, 7) is 3.14. The third kappa shape index (κ3) is 5.23. The first-order valence-electron chi connectivity index (χ1n) is 8.88. The van der Waals surface area contributed by atoms with E-state index in [1.54, 1.807) is 24.3 Å². The minimum Gasteiger partial charge on any atom is -0.508 e. The molecule has 7 heteroatoms. The SMILES string of the molecule is O=C(NCCC(=O)N1CCN(c2ccc(O)cc2)CC1)c1ccc(Br)cc1. The predicted molar refractivity (Wildman–Crippen MR) is 108 cm³/mol. The summed E-state index contributed by atoms with van der Waals surface area (Å²) in [6, 6.07) is 14.2. The Hall–Kier alpha value is -2.54. The molecule has 1 aliphatic rings. The number of halogens is 1. The number of nitrogens with zero attached hydrogens (tertiary/aromatic N) is 2. The van der Waals surface area contributed by atoms with Crippen LogP contribution < -0.4 is 10.2 Å². The zero-order valence-corrected chi connectivity index (χ0v) is 16.5. The number of hydrogen-bond acceptors (Lipinski definition) is 4. The summed E-state index contributed by atoms with van der Waals surface area (Å²) in [5.41, 5.74) is 1.62. The molecular formula is C20H22BrN3O3. The number of aromatic hydroxyl groups is 1. The molecule has 0 aliphatic carbocycles. The van der Waals surface area contributed by atoms with Crippen LogP contribution in [0.5, 0.6) is 5.75 Å². The van der Waals surface area contributed by atoms with Crippen molar-refractivity contribution in [2.75, 3.05) is 37.6 Å². The van der Waals surface area contributed by atoms with Gasteiger partial charge in [-0.05, 0) is 48.5 Å². The van der Waals surface area contributed by atoms with E-state index >= 15 is 0 Å². The topological polar surface area (TPSA) is 72.9 Å². The number of nitrogens with one attached hydrogen (secondary N) is 1. The van der Waals surface area contributed by atoms with Crippen LogP contribution in [0.1, 0.15) is 16.8 Å². The number of benzene rings is 2. The zero-order chi connectivity index (χ0) is 19.2. The van der Waals surface area contributed by atoms with Gasteiger partial charge < -0.3 is 20.2 Å². The number of carbonyl (C=O) groups is 2. The second-order valence-corrected chi connectivity index (χ2v) is 7.31. The van der Waals surface area contributed by atoms with E-state index in [-0.39, 0.29) is 17.6 Å². The standard InChI is InChI=1S/C20H22BrN3O3/c21-16-3-1-15(2-4-16)20(27)22-10-9-19(26)24-13-11-23(12-14-24)17-5-7-18(25)8-6-17/h1-8,25H,9-14H2,(H,22,27). The van der Waals surface area contributed by atoms with Gasteiger partial charge in [-0.25, -0.2) is 0 Å². The van der Waals surface area contributed by atoms with Gasteiger partial charge in [0.05, 0.1) is 0 Å². The van der Waals surface area contributed by atoms with Gasteiger partial charge in [-0.15, -0.1) is 0 Å². The lowest BCUT2D eigenvalue weighted by molar-refractivity contribution is -0.131. The maximum Gasteiger partial charge on any atom is 0.251 e. The minimum absolute atomic E-state index is 0.0523. The molecule has 2 aromatic carbocycles. The number of phenols is 1. The molecule has 2 N–H and O–H groups in total. The van der Waals surface area contributed by atoms with Crippen molar-refractivity contribution in [1.29, 1.82) is 0 Å². The van der Waals surface area contributed by atoms with Gasteiger partial charge in [-0.3, -0.25) is 9.59 Å². The van der Waals surface area contributed by atoms with Gasteiger partial charge in [0.25, 0.3) is 5.91 Å². The number of piperazine rings is 1. The van der Waals surface area contributed by atoms with E-state index < -0.39 is 0 Å². The molecule has 1 saturated heterocycles. The van der Waals surface area contributed by atoms with Crippen LogP contribution >= 0.6 is 15.9 Å². The van der Waals surface area contributed by atoms with Crippen molar-refractivity contribution in [1.82, 2.24) is 10.2 Å². The molecule has 0 unspecified atom stereocenters. The number of carbonyl (C=O) groups excluding carboxylic acids is 2. The fraction of sp³-hybridized carbons (Fsp3) is 0.300. The maximum atomic E-state index is 12.4. The van der Waals surface area contributed by atoms with Crippen molar-refractivity contribution < 1.29 is 14.7 Å². The molecule has 0 spiro atoms. The summed E-state index contributed by atoms with van der Waals surface area (Å²) in [5, 5.41) is 12.2. The van der Waals surface area contributed by atoms with E-state index in [0.717, 1.165) is 23.2 Å². The van der Waals surface area contributed by atoms with E-state index in [2.05, 4.69) is 26.1 Å². The number of phenolic OH excluding ortho intramolecular Hbond substituents is 1. The summed E-state index contributed by atoms with van der Waals surface area (Å²) in [7, 11) is 0. The predicted octanol–water partition coefficient (Wildman–Crippen LogP) is 2.62. The molecule has 0 saturated carbocycles. The number of rotatable bonds is 5. The van der Waals surface area contributed by atoms with Crippen LogP contribution in [0.25, 0.3) is 0 Å². The number of hydrogen-bond donors (Lipinski definition) is 2. The lowest BCUT2D eigenvalue weighted by Gasteiger charge is -2.36. The largest absolute Gasteiger partial charge is 0.508 e. The molecule has 1 fully saturated rings. The Morgan fingerprint density at radius 3 is 2.22 bits per heavy atom. The van der Waals surface area contributed by atoms with Crippen molar-refractivity contribution in [2.24, 2.45) is 0 Å². The van der Waals surface area contributed by atoms with Gasteiger partial charge in [0.2, 0.25) is 5.91 Å². The van der Waals surface area contributed by atoms with Gasteiger partial charge in [-0.1, -0.05) is 15.9 Å². The third-order valence-electron chi connectivity index (χ3n) is 4.58. The first-order valence-corrected chi connectivity index (χ1v) is 9.68. The van der Waals surface area contributed by atoms with Crippen LogP contribution in [0.2, 0.25) is 0 Å². The van der Waals surface area contributed by atoms with Crippen LogP contribution in [0.4, 0.5) is 5.69 Å². The first kappa shape index (κ1) is 19.2. The quantitative estimate of drug-likeness (QED) is 0.762. The molecule has 142 valence electrons. The highest BCUT2D eigenvalue weighted by Gasteiger charge is 2.21. The summed E-state index contributed by atoms with van der Waals surface area (Å²) in [5.74, 6) is 0.127. The molecule has 0 atom stereocenters. The van der Waals surface area contributed by atoms with Crippen molar-refractivity contribution >= 4 is 33.4 Å². The van der Waals surface area contributed by atoms with Crippen LogP contribution in [0.3, 0.4) is 0 Å². The van der Waals surface area contributed by atoms with Crippen LogP contribution in [-0.4, -0.2) is 54.5 Å². The van der Waals surface area contributed by atoms with Gasteiger partial charge in [-0.2, -0.15) is 0 Å². The van der Waals surface area contributed by atoms with E-state index in [9.17, 15) is 14.7 Å². The Kier molecular flexibility index (Phi) is 6.34. The Balaban J connectivity index is 1.41. The monoisotopic (exact) mass is 431 g/mol. The molecule has 0 aromatic heterocycles. The Bertz CT molecular complexity index is 785. The van der Waals surface area contributed by atoms with Crippen molar-refractivity contribution in [3.8, 4) is 5.75 Å². The molecule has 3 rings (SSSR count). The van der Waals surface area contributed by atoms with Crippen molar-refractivity contribution in [3.05, 3.63) is 58.6 Å². The highest BCUT2D eigenvalue weighted by Crippen LogP contribution is 2.20. The molecule has 2 aromatic rings. The molecular weight excluding hydrogens is 410 g/mol. The fourth-order valence-corrected chi connectivity index (χ4v) is 3.29. The first-order chi connectivity index (χ1) is 13.0. The molecule has 1 heterocycles. The van der Waals surface area contributed by atoms with Crippen molar-refractivity contribution in [3.63, 3.8) is 0 Å². The summed E-state index contributed by atoms with van der Waals surface area (Å²) >= 11 is 3.34. The molecule has 1 aliphatic heterocycles. The molecule has 0 radical (unpaired) electrons. The number of anilines is 1. The van der Waals surface area contributed by atoms with Gasteiger partial charge in [0.15, 0.2) is 0 Å². The highest BCUT2D eigenvalue weighted by molar-refractivity contribution is 9.10. The lowest BCUT2D eigenvalue weighted by Crippen LogP contribution is -2.49. The molecule has 2 amide bonds. The molecule has 6 nitrogen and oxygen atoms in total. The van der Waals surface area contributed by atoms with Crippen molar-refractivity contribution in [2.45, 2.75) is 6.42 Å². The van der Waals surface area contributed by atoms with Crippen LogP contribution in [0.15, 0.2) is 53.0 Å². The van der Waals surface area contributed by atoms with Gasteiger partial charge >= 0.3 is 0 Å². The second-order valence-electron chi connectivity index (χ2n) is 6.40. The van der Waals surface area contributed by atoms with E-state index in [1.165, 1.54) is 0 Å². The number of amides is 2. The summed E-state index contributed by atoms with van der Waals surface area (Å²) in [6.07, 6.45) is 0.293. The van der Waals surface area contributed by atoms with E-state index in [4.69, 9.17) is 0 Å². The normalized spacial score (nSPS) is 14.1. The minimum atomic E-state index is -0.174.